The van der Waals surface area contributed by atoms with Crippen LogP contribution >= 0.6 is 0 Å². The highest BCUT2D eigenvalue weighted by Crippen LogP contribution is 2.37. The first kappa shape index (κ1) is 18.6. The Labute approximate surface area is 135 Å². The molecule has 0 aromatic heterocycles. The monoisotopic (exact) mass is 325 g/mol. The van der Waals surface area contributed by atoms with Crippen molar-refractivity contribution in [3.8, 4) is 17.2 Å². The SMILES string of the molecule is COc1cc(CC(=O)NC(C)(C)CCC(=O)O)cc(OC)c1O. The van der Waals surface area contributed by atoms with Crippen molar-refractivity contribution in [2.45, 2.75) is 38.6 Å². The number of carbonyl (C=O) groups is 2. The van der Waals surface area contributed by atoms with Gasteiger partial charge in [-0.2, -0.15) is 0 Å². The Morgan fingerprint density at radius 3 is 2.13 bits per heavy atom. The van der Waals surface area contributed by atoms with Crippen LogP contribution in [0.4, 0.5) is 0 Å². The molecule has 0 atom stereocenters. The maximum atomic E-state index is 12.2. The van der Waals surface area contributed by atoms with Gasteiger partial charge in [-0.05, 0) is 38.0 Å². The second kappa shape index (κ2) is 7.71. The molecule has 0 bridgehead atoms. The van der Waals surface area contributed by atoms with Crippen LogP contribution < -0.4 is 14.8 Å². The number of hydrogen-bond acceptors (Lipinski definition) is 5. The van der Waals surface area contributed by atoms with Gasteiger partial charge in [-0.15, -0.1) is 0 Å². The van der Waals surface area contributed by atoms with Gasteiger partial charge in [-0.25, -0.2) is 0 Å². The summed E-state index contributed by atoms with van der Waals surface area (Å²) >= 11 is 0. The second-order valence-electron chi connectivity index (χ2n) is 5.85. The number of aromatic hydroxyl groups is 1. The number of carbonyl (C=O) groups excluding carboxylic acids is 1. The number of methoxy groups -OCH3 is 2. The minimum Gasteiger partial charge on any atom is -0.502 e. The molecule has 0 aliphatic carbocycles. The van der Waals surface area contributed by atoms with Crippen molar-refractivity contribution in [1.29, 1.82) is 0 Å². The number of phenolic OH excluding ortho intramolecular Hbond substituents is 1. The molecule has 0 fully saturated rings. The fourth-order valence-corrected chi connectivity index (χ4v) is 2.14. The highest BCUT2D eigenvalue weighted by atomic mass is 16.5. The maximum absolute atomic E-state index is 12.2. The molecule has 7 heteroatoms. The van der Waals surface area contributed by atoms with E-state index in [1.165, 1.54) is 14.2 Å². The highest BCUT2D eigenvalue weighted by Gasteiger charge is 2.22. The number of carboxylic acids is 1. The van der Waals surface area contributed by atoms with Crippen LogP contribution in [0.1, 0.15) is 32.3 Å². The Morgan fingerprint density at radius 2 is 1.70 bits per heavy atom. The van der Waals surface area contributed by atoms with Crippen LogP contribution in [0.5, 0.6) is 17.2 Å². The number of benzene rings is 1. The zero-order valence-electron chi connectivity index (χ0n) is 13.8. The van der Waals surface area contributed by atoms with Crippen LogP contribution in [0, 0.1) is 0 Å². The summed E-state index contributed by atoms with van der Waals surface area (Å²) in [6, 6.07) is 3.11. The summed E-state index contributed by atoms with van der Waals surface area (Å²) in [5.41, 5.74) is -0.0105. The third-order valence-electron chi connectivity index (χ3n) is 3.35. The minimum atomic E-state index is -0.902. The number of aliphatic carboxylic acids is 1. The molecular formula is C16H23NO6. The van der Waals surface area contributed by atoms with Crippen molar-refractivity contribution in [3.05, 3.63) is 17.7 Å². The first-order valence-corrected chi connectivity index (χ1v) is 7.15. The Hall–Kier alpha value is -2.44. The summed E-state index contributed by atoms with van der Waals surface area (Å²) in [5, 5.41) is 21.4. The normalized spacial score (nSPS) is 11.0. The molecule has 7 nitrogen and oxygen atoms in total. The lowest BCUT2D eigenvalue weighted by Crippen LogP contribution is -2.44. The van der Waals surface area contributed by atoms with Crippen molar-refractivity contribution in [3.63, 3.8) is 0 Å². The number of rotatable bonds is 8. The molecule has 0 aliphatic heterocycles. The van der Waals surface area contributed by atoms with E-state index in [4.69, 9.17) is 14.6 Å². The number of carboxylic acid groups (broad SMARTS) is 1. The molecule has 1 amide bonds. The molecule has 0 aliphatic rings. The molecule has 0 saturated carbocycles. The molecule has 3 N–H and O–H groups in total. The summed E-state index contributed by atoms with van der Waals surface area (Å²) in [6.45, 7) is 3.54. The van der Waals surface area contributed by atoms with Crippen molar-refractivity contribution in [2.75, 3.05) is 14.2 Å². The lowest BCUT2D eigenvalue weighted by molar-refractivity contribution is -0.137. The van der Waals surface area contributed by atoms with Gasteiger partial charge in [0.2, 0.25) is 11.7 Å². The molecule has 23 heavy (non-hydrogen) atoms. The lowest BCUT2D eigenvalue weighted by Gasteiger charge is -2.25. The van der Waals surface area contributed by atoms with E-state index in [9.17, 15) is 14.7 Å². The van der Waals surface area contributed by atoms with E-state index in [-0.39, 0.29) is 36.0 Å². The number of ether oxygens (including phenoxy) is 2. The Morgan fingerprint density at radius 1 is 1.17 bits per heavy atom. The molecule has 1 aromatic rings. The van der Waals surface area contributed by atoms with Crippen LogP contribution in [-0.2, 0) is 16.0 Å². The largest absolute Gasteiger partial charge is 0.502 e. The van der Waals surface area contributed by atoms with E-state index >= 15 is 0 Å². The van der Waals surface area contributed by atoms with Crippen LogP contribution in [-0.4, -0.2) is 41.8 Å². The third-order valence-corrected chi connectivity index (χ3v) is 3.35. The van der Waals surface area contributed by atoms with E-state index in [1.807, 2.05) is 0 Å². The summed E-state index contributed by atoms with van der Waals surface area (Å²) in [7, 11) is 2.82. The van der Waals surface area contributed by atoms with E-state index in [1.54, 1.807) is 26.0 Å². The first-order valence-electron chi connectivity index (χ1n) is 7.15. The van der Waals surface area contributed by atoms with Gasteiger partial charge >= 0.3 is 5.97 Å². The van der Waals surface area contributed by atoms with Gasteiger partial charge in [0.15, 0.2) is 11.5 Å². The standard InChI is InChI=1S/C16H23NO6/c1-16(2,6-5-14(19)20)17-13(18)9-10-7-11(22-3)15(21)12(8-10)23-4/h7-8,21H,5-6,9H2,1-4H3,(H,17,18)(H,19,20). The average molecular weight is 325 g/mol. The molecule has 128 valence electrons. The Balaban J connectivity index is 2.79. The van der Waals surface area contributed by atoms with Gasteiger partial charge in [-0.1, -0.05) is 0 Å². The van der Waals surface area contributed by atoms with E-state index in [0.717, 1.165) is 0 Å². The highest BCUT2D eigenvalue weighted by molar-refractivity contribution is 5.80. The topological polar surface area (TPSA) is 105 Å². The molecule has 0 unspecified atom stereocenters. The molecular weight excluding hydrogens is 302 g/mol. The van der Waals surface area contributed by atoms with E-state index in [0.29, 0.717) is 12.0 Å². The third kappa shape index (κ3) is 5.69. The summed E-state index contributed by atoms with van der Waals surface area (Å²) < 4.78 is 10.1. The summed E-state index contributed by atoms with van der Waals surface area (Å²) in [4.78, 5) is 22.8. The van der Waals surface area contributed by atoms with Gasteiger partial charge in [0.05, 0.1) is 20.6 Å². The van der Waals surface area contributed by atoms with Crippen LogP contribution in [0.3, 0.4) is 0 Å². The fraction of sp³-hybridized carbons (Fsp3) is 0.500. The predicted octanol–water partition coefficient (Wildman–Crippen LogP) is 1.71. The minimum absolute atomic E-state index is 0.0197. The predicted molar refractivity (Wildman–Crippen MR) is 84.0 cm³/mol. The van der Waals surface area contributed by atoms with E-state index < -0.39 is 11.5 Å². The molecule has 0 heterocycles. The number of nitrogens with one attached hydrogen (secondary N) is 1. The molecule has 0 saturated heterocycles. The molecule has 0 radical (unpaired) electrons. The van der Waals surface area contributed by atoms with Gasteiger partial charge < -0.3 is 25.0 Å². The van der Waals surface area contributed by atoms with Gasteiger partial charge in [0.25, 0.3) is 0 Å². The van der Waals surface area contributed by atoms with Crippen molar-refractivity contribution in [1.82, 2.24) is 5.32 Å². The quantitative estimate of drug-likeness (QED) is 0.672. The molecule has 0 spiro atoms. The van der Waals surface area contributed by atoms with Gasteiger partial charge in [-0.3, -0.25) is 9.59 Å². The summed E-state index contributed by atoms with van der Waals surface area (Å²) in [5.74, 6) is -0.842. The number of hydrogen-bond donors (Lipinski definition) is 3. The zero-order chi connectivity index (χ0) is 17.6. The van der Waals surface area contributed by atoms with E-state index in [2.05, 4.69) is 5.32 Å². The van der Waals surface area contributed by atoms with Crippen LogP contribution in [0.25, 0.3) is 0 Å². The lowest BCUT2D eigenvalue weighted by atomic mass is 9.97. The fourth-order valence-electron chi connectivity index (χ4n) is 2.14. The van der Waals surface area contributed by atoms with Gasteiger partial charge in [0, 0.05) is 12.0 Å². The van der Waals surface area contributed by atoms with Crippen LogP contribution in [0.2, 0.25) is 0 Å². The number of amides is 1. The van der Waals surface area contributed by atoms with Gasteiger partial charge in [0.1, 0.15) is 0 Å². The first-order chi connectivity index (χ1) is 10.7. The Kier molecular flexibility index (Phi) is 6.24. The smallest absolute Gasteiger partial charge is 0.303 e. The number of phenols is 1. The Bertz CT molecular complexity index is 557. The molecule has 1 rings (SSSR count). The average Bonchev–Trinajstić information content (AvgIpc) is 2.46. The van der Waals surface area contributed by atoms with Crippen LogP contribution in [0.15, 0.2) is 12.1 Å². The second-order valence-corrected chi connectivity index (χ2v) is 5.85. The van der Waals surface area contributed by atoms with Crippen molar-refractivity contribution in [2.24, 2.45) is 0 Å². The summed E-state index contributed by atoms with van der Waals surface area (Å²) in [6.07, 6.45) is 0.369. The zero-order valence-corrected chi connectivity index (χ0v) is 13.8. The van der Waals surface area contributed by atoms with Crippen molar-refractivity contribution < 1.29 is 29.3 Å². The maximum Gasteiger partial charge on any atom is 0.303 e. The molecule has 1 aromatic carbocycles. The van der Waals surface area contributed by atoms with Crippen molar-refractivity contribution >= 4 is 11.9 Å².